The molecule has 0 radical (unpaired) electrons. The molecule has 1 unspecified atom stereocenters. The van der Waals surface area contributed by atoms with Gasteiger partial charge in [-0.25, -0.2) is 19.3 Å². The Kier molecular flexibility index (Phi) is 5.38. The molecule has 29 heavy (non-hydrogen) atoms. The molecule has 0 spiro atoms. The number of hydrogen-bond donors (Lipinski definition) is 1. The molecule has 0 bridgehead atoms. The predicted octanol–water partition coefficient (Wildman–Crippen LogP) is 3.74. The highest BCUT2D eigenvalue weighted by Crippen LogP contribution is 2.32. The Hall–Kier alpha value is -3.09. The van der Waals surface area contributed by atoms with Gasteiger partial charge in [0, 0.05) is 13.0 Å². The van der Waals surface area contributed by atoms with Crippen molar-refractivity contribution < 1.29 is 9.18 Å². The van der Waals surface area contributed by atoms with E-state index in [0.717, 1.165) is 42.5 Å². The lowest BCUT2D eigenvalue weighted by atomic mass is 9.97. The van der Waals surface area contributed by atoms with E-state index in [1.165, 1.54) is 12.1 Å². The third-order valence-electron chi connectivity index (χ3n) is 5.43. The van der Waals surface area contributed by atoms with Crippen molar-refractivity contribution in [3.05, 3.63) is 59.3 Å². The van der Waals surface area contributed by atoms with Crippen LogP contribution in [0.15, 0.2) is 36.4 Å². The number of nitrogens with zero attached hydrogens (tertiary/aromatic N) is 4. The van der Waals surface area contributed by atoms with Crippen LogP contribution < -0.4 is 5.73 Å². The van der Waals surface area contributed by atoms with Crippen LogP contribution in [0, 0.1) is 12.7 Å². The molecule has 0 aliphatic carbocycles. The number of fused-ring (bicyclic) bond motifs is 1. The monoisotopic (exact) mass is 393 g/mol. The van der Waals surface area contributed by atoms with Crippen LogP contribution in [0.5, 0.6) is 0 Å². The van der Waals surface area contributed by atoms with Gasteiger partial charge in [0.1, 0.15) is 17.5 Å². The first-order chi connectivity index (χ1) is 14.0. The van der Waals surface area contributed by atoms with Crippen LogP contribution in [-0.4, -0.2) is 32.3 Å². The molecule has 1 aliphatic heterocycles. The number of aromatic nitrogens is 3. The zero-order valence-corrected chi connectivity index (χ0v) is 16.4. The van der Waals surface area contributed by atoms with E-state index in [0.29, 0.717) is 30.1 Å². The number of amides is 1. The second-order valence-corrected chi connectivity index (χ2v) is 7.49. The van der Waals surface area contributed by atoms with Gasteiger partial charge in [0.25, 0.3) is 0 Å². The van der Waals surface area contributed by atoms with Crippen molar-refractivity contribution in [1.82, 2.24) is 19.9 Å². The number of carbonyl (C=O) groups is 1. The maximum absolute atomic E-state index is 13.1. The van der Waals surface area contributed by atoms with Crippen LogP contribution in [-0.2, 0) is 11.2 Å². The third-order valence-corrected chi connectivity index (χ3v) is 5.43. The van der Waals surface area contributed by atoms with Crippen LogP contribution in [0.2, 0.25) is 0 Å². The van der Waals surface area contributed by atoms with Gasteiger partial charge in [-0.1, -0.05) is 12.1 Å². The molecular formula is C22H24FN5O. The van der Waals surface area contributed by atoms with Gasteiger partial charge in [-0.05, 0) is 62.4 Å². The largest absolute Gasteiger partial charge is 0.383 e. The molecule has 3 aromatic rings. The topological polar surface area (TPSA) is 85.0 Å². The molecule has 1 aromatic carbocycles. The summed E-state index contributed by atoms with van der Waals surface area (Å²) in [4.78, 5) is 28.2. The number of halogens is 1. The molecule has 1 atom stereocenters. The van der Waals surface area contributed by atoms with Gasteiger partial charge >= 0.3 is 0 Å². The minimum Gasteiger partial charge on any atom is -0.383 e. The summed E-state index contributed by atoms with van der Waals surface area (Å²) in [6.45, 7) is 2.51. The van der Waals surface area contributed by atoms with Gasteiger partial charge in [0.2, 0.25) is 5.91 Å². The highest BCUT2D eigenvalue weighted by Gasteiger charge is 2.29. The van der Waals surface area contributed by atoms with Gasteiger partial charge < -0.3 is 10.6 Å². The highest BCUT2D eigenvalue weighted by atomic mass is 19.1. The van der Waals surface area contributed by atoms with Gasteiger partial charge in [-0.2, -0.15) is 0 Å². The van der Waals surface area contributed by atoms with Crippen molar-refractivity contribution in [2.24, 2.45) is 0 Å². The van der Waals surface area contributed by atoms with E-state index in [1.54, 1.807) is 19.1 Å². The van der Waals surface area contributed by atoms with Gasteiger partial charge in [-0.3, -0.25) is 4.79 Å². The van der Waals surface area contributed by atoms with E-state index in [9.17, 15) is 9.18 Å². The maximum Gasteiger partial charge on any atom is 0.223 e. The normalized spacial score (nSPS) is 16.9. The molecule has 0 saturated carbocycles. The summed E-state index contributed by atoms with van der Waals surface area (Å²) in [5.41, 5.74) is 8.35. The number of nitrogens with two attached hydrogens (primary N) is 1. The average molecular weight is 393 g/mol. The summed E-state index contributed by atoms with van der Waals surface area (Å²) in [6, 6.07) is 10.1. The average Bonchev–Trinajstić information content (AvgIpc) is 2.72. The standard InChI is InChI=1S/C22H24FN5O/c1-14-25-21(24)17-10-11-18(27-22(17)26-14)19-4-2-3-13-28(19)20(29)12-7-15-5-8-16(23)9-6-15/h5-6,8-11,19H,2-4,7,12-13H2,1H3,(H2,24,25,26,27). The molecule has 6 nitrogen and oxygen atoms in total. The second-order valence-electron chi connectivity index (χ2n) is 7.49. The summed E-state index contributed by atoms with van der Waals surface area (Å²) < 4.78 is 13.1. The minimum atomic E-state index is -0.266. The predicted molar refractivity (Wildman–Crippen MR) is 110 cm³/mol. The fourth-order valence-electron chi connectivity index (χ4n) is 3.93. The first-order valence-electron chi connectivity index (χ1n) is 9.96. The van der Waals surface area contributed by atoms with Crippen molar-refractivity contribution in [3.63, 3.8) is 0 Å². The Morgan fingerprint density at radius 2 is 1.93 bits per heavy atom. The number of nitrogen functional groups attached to an aromatic ring is 1. The number of aryl methyl sites for hydroxylation is 2. The Morgan fingerprint density at radius 3 is 2.72 bits per heavy atom. The molecule has 3 heterocycles. The Morgan fingerprint density at radius 1 is 1.14 bits per heavy atom. The number of hydrogen-bond acceptors (Lipinski definition) is 5. The van der Waals surface area contributed by atoms with Crippen molar-refractivity contribution in [1.29, 1.82) is 0 Å². The molecule has 1 aliphatic rings. The van der Waals surface area contributed by atoms with Crippen LogP contribution in [0.3, 0.4) is 0 Å². The summed E-state index contributed by atoms with van der Waals surface area (Å²) >= 11 is 0. The molecule has 1 fully saturated rings. The van der Waals surface area contributed by atoms with Gasteiger partial charge in [-0.15, -0.1) is 0 Å². The van der Waals surface area contributed by atoms with Crippen molar-refractivity contribution >= 4 is 22.8 Å². The van der Waals surface area contributed by atoms with E-state index in [2.05, 4.69) is 9.97 Å². The molecule has 7 heteroatoms. The second kappa shape index (κ2) is 8.11. The number of carbonyl (C=O) groups excluding carboxylic acids is 1. The van der Waals surface area contributed by atoms with Gasteiger partial charge in [0.15, 0.2) is 5.65 Å². The fourth-order valence-corrected chi connectivity index (χ4v) is 3.93. The van der Waals surface area contributed by atoms with Crippen molar-refractivity contribution in [2.75, 3.05) is 12.3 Å². The minimum absolute atomic E-state index is 0.0645. The van der Waals surface area contributed by atoms with E-state index < -0.39 is 0 Å². The van der Waals surface area contributed by atoms with Crippen LogP contribution in [0.1, 0.15) is 48.8 Å². The first-order valence-corrected chi connectivity index (χ1v) is 9.96. The number of anilines is 1. The Bertz CT molecular complexity index is 1040. The van der Waals surface area contributed by atoms with E-state index >= 15 is 0 Å². The molecule has 1 saturated heterocycles. The van der Waals surface area contributed by atoms with E-state index in [-0.39, 0.29) is 17.8 Å². The summed E-state index contributed by atoms with van der Waals surface area (Å²) in [7, 11) is 0. The summed E-state index contributed by atoms with van der Waals surface area (Å²) in [5, 5.41) is 0.726. The molecule has 150 valence electrons. The maximum atomic E-state index is 13.1. The Labute approximate surface area is 169 Å². The smallest absolute Gasteiger partial charge is 0.223 e. The van der Waals surface area contributed by atoms with Crippen LogP contribution in [0.25, 0.3) is 11.0 Å². The molecular weight excluding hydrogens is 369 g/mol. The van der Waals surface area contributed by atoms with Crippen molar-refractivity contribution in [3.8, 4) is 0 Å². The quantitative estimate of drug-likeness (QED) is 0.730. The lowest BCUT2D eigenvalue weighted by Crippen LogP contribution is -2.39. The van der Waals surface area contributed by atoms with E-state index in [4.69, 9.17) is 10.7 Å². The fraction of sp³-hybridized carbons (Fsp3) is 0.364. The number of pyridine rings is 1. The number of piperidine rings is 1. The van der Waals surface area contributed by atoms with Crippen molar-refractivity contribution in [2.45, 2.75) is 45.1 Å². The zero-order chi connectivity index (χ0) is 20.4. The zero-order valence-electron chi connectivity index (χ0n) is 16.4. The highest BCUT2D eigenvalue weighted by molar-refractivity contribution is 5.85. The molecule has 1 amide bonds. The number of benzene rings is 1. The number of rotatable bonds is 4. The van der Waals surface area contributed by atoms with Crippen LogP contribution >= 0.6 is 0 Å². The Balaban J connectivity index is 1.54. The summed E-state index contributed by atoms with van der Waals surface area (Å²) in [5.74, 6) is 0.829. The van der Waals surface area contributed by atoms with E-state index in [1.807, 2.05) is 17.0 Å². The summed E-state index contributed by atoms with van der Waals surface area (Å²) in [6.07, 6.45) is 3.90. The molecule has 2 aromatic heterocycles. The SMILES string of the molecule is Cc1nc(N)c2ccc(C3CCCCN3C(=O)CCc3ccc(F)cc3)nc2n1. The van der Waals surface area contributed by atoms with Crippen LogP contribution in [0.4, 0.5) is 10.2 Å². The number of likely N-dealkylation sites (tertiary alicyclic amines) is 1. The van der Waals surface area contributed by atoms with Gasteiger partial charge in [0.05, 0.1) is 17.1 Å². The lowest BCUT2D eigenvalue weighted by molar-refractivity contribution is -0.135. The lowest BCUT2D eigenvalue weighted by Gasteiger charge is -2.35. The third kappa shape index (κ3) is 4.18. The molecule has 4 rings (SSSR count). The molecule has 2 N–H and O–H groups in total. The first kappa shape index (κ1) is 19.2.